The zero-order chi connectivity index (χ0) is 16.8. The summed E-state index contributed by atoms with van der Waals surface area (Å²) in [6.07, 6.45) is 9.75. The van der Waals surface area contributed by atoms with E-state index in [-0.39, 0.29) is 30.7 Å². The average Bonchev–Trinajstić information content (AvgIpc) is 3.15. The summed E-state index contributed by atoms with van der Waals surface area (Å²) in [5.41, 5.74) is 2.47. The van der Waals surface area contributed by atoms with E-state index in [2.05, 4.69) is 20.6 Å². The second-order valence-electron chi connectivity index (χ2n) is 6.45. The van der Waals surface area contributed by atoms with Gasteiger partial charge in [-0.25, -0.2) is 4.98 Å². The lowest BCUT2D eigenvalue weighted by Gasteiger charge is -2.16. The third-order valence-electron chi connectivity index (χ3n) is 4.54. The highest BCUT2D eigenvalue weighted by Crippen LogP contribution is 2.22. The number of nitrogens with zero attached hydrogens (tertiary/aromatic N) is 1. The van der Waals surface area contributed by atoms with E-state index in [1.165, 1.54) is 38.5 Å². The van der Waals surface area contributed by atoms with Crippen molar-refractivity contribution in [3.05, 3.63) is 28.3 Å². The Hall–Kier alpha value is -1.08. The Balaban J connectivity index is 0.00000169. The molecule has 0 bridgehead atoms. The van der Waals surface area contributed by atoms with Crippen LogP contribution < -0.4 is 10.6 Å². The van der Waals surface area contributed by atoms with Crippen molar-refractivity contribution < 1.29 is 4.79 Å². The lowest BCUT2D eigenvalue weighted by molar-refractivity contribution is 0.0949. The largest absolute Gasteiger partial charge is 0.357 e. The summed E-state index contributed by atoms with van der Waals surface area (Å²) in [6.45, 7) is 3.46. The third-order valence-corrected chi connectivity index (χ3v) is 5.31. The van der Waals surface area contributed by atoms with Crippen molar-refractivity contribution in [3.8, 4) is 11.3 Å². The highest BCUT2D eigenvalue weighted by atomic mass is 35.5. The normalized spacial score (nSPS) is 14.8. The van der Waals surface area contributed by atoms with Crippen LogP contribution in [0.3, 0.4) is 0 Å². The van der Waals surface area contributed by atoms with Crippen molar-refractivity contribution >= 4 is 42.1 Å². The summed E-state index contributed by atoms with van der Waals surface area (Å²) in [5, 5.41) is 9.58. The van der Waals surface area contributed by atoms with Crippen LogP contribution in [0.15, 0.2) is 17.6 Å². The summed E-state index contributed by atoms with van der Waals surface area (Å²) < 4.78 is 0. The van der Waals surface area contributed by atoms with Crippen molar-refractivity contribution in [3.63, 3.8) is 0 Å². The number of carbonyl (C=O) groups excluding carboxylic acids is 1. The van der Waals surface area contributed by atoms with Gasteiger partial charge in [-0.2, -0.15) is 0 Å². The van der Waals surface area contributed by atoms with E-state index in [4.69, 9.17) is 0 Å². The molecular weight excluding hydrogens is 391 g/mol. The summed E-state index contributed by atoms with van der Waals surface area (Å²) in [5.74, 6) is -0.0594. The number of H-pyrrole nitrogens is 1. The number of hydrogen-bond donors (Lipinski definition) is 3. The van der Waals surface area contributed by atoms with Gasteiger partial charge in [-0.3, -0.25) is 4.79 Å². The minimum Gasteiger partial charge on any atom is -0.357 e. The van der Waals surface area contributed by atoms with Crippen LogP contribution >= 0.6 is 36.2 Å². The van der Waals surface area contributed by atoms with Gasteiger partial charge in [-0.1, -0.05) is 25.7 Å². The van der Waals surface area contributed by atoms with Gasteiger partial charge in [0.15, 0.2) is 0 Å². The van der Waals surface area contributed by atoms with Crippen LogP contribution in [0.5, 0.6) is 0 Å². The Bertz CT molecular complexity index is 666. The van der Waals surface area contributed by atoms with Gasteiger partial charge in [0.25, 0.3) is 5.91 Å². The van der Waals surface area contributed by atoms with Gasteiger partial charge in [-0.15, -0.1) is 36.2 Å². The van der Waals surface area contributed by atoms with Crippen LogP contribution in [0, 0.1) is 6.92 Å². The number of aromatic nitrogens is 2. The van der Waals surface area contributed by atoms with Crippen molar-refractivity contribution in [2.24, 2.45) is 0 Å². The fraction of sp³-hybridized carbons (Fsp3) is 0.556. The number of aryl methyl sites for hydroxylation is 1. The average molecular weight is 419 g/mol. The van der Waals surface area contributed by atoms with Gasteiger partial charge in [0.1, 0.15) is 5.69 Å². The summed E-state index contributed by atoms with van der Waals surface area (Å²) in [4.78, 5) is 19.7. The molecule has 3 N–H and O–H groups in total. The Morgan fingerprint density at radius 3 is 2.62 bits per heavy atom. The lowest BCUT2D eigenvalue weighted by Crippen LogP contribution is -2.36. The first-order chi connectivity index (χ1) is 11.7. The fourth-order valence-electron chi connectivity index (χ4n) is 3.20. The number of hydrogen-bond acceptors (Lipinski definition) is 4. The molecule has 5 nitrogen and oxygen atoms in total. The number of carbonyl (C=O) groups is 1. The maximum Gasteiger partial charge on any atom is 0.267 e. The molecule has 146 valence electrons. The van der Waals surface area contributed by atoms with Crippen LogP contribution in [0.1, 0.15) is 54.0 Å². The molecule has 1 saturated carbocycles. The number of thiazole rings is 1. The molecule has 1 aliphatic carbocycles. The van der Waals surface area contributed by atoms with Crippen molar-refractivity contribution in [2.75, 3.05) is 13.1 Å². The van der Waals surface area contributed by atoms with Gasteiger partial charge in [0.2, 0.25) is 0 Å². The predicted octanol–water partition coefficient (Wildman–Crippen LogP) is 4.33. The minimum atomic E-state index is -0.0594. The second kappa shape index (κ2) is 11.6. The first-order valence-electron chi connectivity index (χ1n) is 8.85. The number of aromatic amines is 1. The SMILES string of the molecule is Cc1nc(-c2c[nH]c(C(=O)NCCNC3CCCCCC3)c2)cs1.Cl.Cl. The molecule has 3 rings (SSSR count). The first kappa shape index (κ1) is 23.0. The Kier molecular flexibility index (Phi) is 10.2. The van der Waals surface area contributed by atoms with Gasteiger partial charge in [-0.05, 0) is 25.8 Å². The summed E-state index contributed by atoms with van der Waals surface area (Å²) in [6, 6.07) is 2.48. The molecule has 0 unspecified atom stereocenters. The number of halogens is 2. The molecule has 0 radical (unpaired) electrons. The topological polar surface area (TPSA) is 69.8 Å². The van der Waals surface area contributed by atoms with Gasteiger partial charge in [0, 0.05) is 36.3 Å². The molecule has 26 heavy (non-hydrogen) atoms. The van der Waals surface area contributed by atoms with E-state index in [0.29, 0.717) is 18.3 Å². The molecular formula is C18H28Cl2N4OS. The molecule has 0 aromatic carbocycles. The number of rotatable bonds is 6. The van der Waals surface area contributed by atoms with Crippen LogP contribution in [0.4, 0.5) is 0 Å². The van der Waals surface area contributed by atoms with E-state index < -0.39 is 0 Å². The molecule has 2 heterocycles. The Morgan fingerprint density at radius 2 is 1.96 bits per heavy atom. The number of amides is 1. The standard InChI is InChI=1S/C18H26N4OS.2ClH/c1-13-22-17(12-24-13)14-10-16(21-11-14)18(23)20-9-8-19-15-6-4-2-3-5-7-15;;/h10-12,15,19,21H,2-9H2,1H3,(H,20,23);2*1H. The molecule has 0 atom stereocenters. The van der Waals surface area contributed by atoms with Crippen LogP contribution in [-0.4, -0.2) is 35.0 Å². The molecule has 8 heteroatoms. The van der Waals surface area contributed by atoms with E-state index in [0.717, 1.165) is 22.8 Å². The first-order valence-corrected chi connectivity index (χ1v) is 9.73. The number of nitrogens with one attached hydrogen (secondary N) is 3. The van der Waals surface area contributed by atoms with E-state index >= 15 is 0 Å². The van der Waals surface area contributed by atoms with E-state index in [1.54, 1.807) is 11.3 Å². The molecule has 0 saturated heterocycles. The van der Waals surface area contributed by atoms with E-state index in [9.17, 15) is 4.79 Å². The molecule has 1 amide bonds. The Labute approximate surface area is 171 Å². The molecule has 2 aromatic heterocycles. The zero-order valence-corrected chi connectivity index (χ0v) is 17.5. The molecule has 0 aliphatic heterocycles. The monoisotopic (exact) mass is 418 g/mol. The van der Waals surface area contributed by atoms with E-state index in [1.807, 2.05) is 24.6 Å². The highest BCUT2D eigenvalue weighted by Gasteiger charge is 2.13. The maximum absolute atomic E-state index is 12.2. The van der Waals surface area contributed by atoms with Crippen molar-refractivity contribution in [1.82, 2.24) is 20.6 Å². The summed E-state index contributed by atoms with van der Waals surface area (Å²) in [7, 11) is 0. The second-order valence-corrected chi connectivity index (χ2v) is 7.51. The molecule has 2 aromatic rings. The summed E-state index contributed by atoms with van der Waals surface area (Å²) >= 11 is 1.61. The van der Waals surface area contributed by atoms with Crippen molar-refractivity contribution in [1.29, 1.82) is 0 Å². The quantitative estimate of drug-likeness (QED) is 0.482. The van der Waals surface area contributed by atoms with Crippen molar-refractivity contribution in [2.45, 2.75) is 51.5 Å². The minimum absolute atomic E-state index is 0. The Morgan fingerprint density at radius 1 is 1.23 bits per heavy atom. The maximum atomic E-state index is 12.2. The van der Waals surface area contributed by atoms with Gasteiger partial charge in [0.05, 0.1) is 10.7 Å². The van der Waals surface area contributed by atoms with Crippen LogP contribution in [-0.2, 0) is 0 Å². The van der Waals surface area contributed by atoms with Crippen LogP contribution in [0.25, 0.3) is 11.3 Å². The molecule has 1 fully saturated rings. The highest BCUT2D eigenvalue weighted by molar-refractivity contribution is 7.09. The smallest absolute Gasteiger partial charge is 0.267 e. The van der Waals surface area contributed by atoms with Crippen LogP contribution in [0.2, 0.25) is 0 Å². The molecule has 0 spiro atoms. The fourth-order valence-corrected chi connectivity index (χ4v) is 3.82. The molecule has 1 aliphatic rings. The lowest BCUT2D eigenvalue weighted by atomic mass is 10.1. The van der Waals surface area contributed by atoms with Gasteiger partial charge >= 0.3 is 0 Å². The predicted molar refractivity (Wildman–Crippen MR) is 113 cm³/mol. The third kappa shape index (κ3) is 6.58. The zero-order valence-electron chi connectivity index (χ0n) is 15.0. The van der Waals surface area contributed by atoms with Gasteiger partial charge < -0.3 is 15.6 Å².